The van der Waals surface area contributed by atoms with E-state index >= 15 is 0 Å². The Hall–Kier alpha value is -1.71. The fourth-order valence-corrected chi connectivity index (χ4v) is 1.40. The summed E-state index contributed by atoms with van der Waals surface area (Å²) >= 11 is 0. The van der Waals surface area contributed by atoms with Gasteiger partial charge in [-0.2, -0.15) is 8.42 Å². The van der Waals surface area contributed by atoms with Crippen molar-refractivity contribution in [3.63, 3.8) is 0 Å². The lowest BCUT2D eigenvalue weighted by Gasteiger charge is -2.09. The lowest BCUT2D eigenvalue weighted by atomic mass is 10.3. The molecule has 0 rings (SSSR count). The van der Waals surface area contributed by atoms with E-state index in [1.807, 2.05) is 14.1 Å². The molecule has 0 fully saturated rings. The minimum Gasteiger partial charge on any atom is -0.461 e. The summed E-state index contributed by atoms with van der Waals surface area (Å²) in [5.41, 5.74) is 0.755. The van der Waals surface area contributed by atoms with Crippen LogP contribution in [0.1, 0.15) is 20.3 Å². The normalized spacial score (nSPS) is 10.4. The Balaban J connectivity index is 0. The van der Waals surface area contributed by atoms with E-state index in [4.69, 9.17) is 4.55 Å². The standard InChI is InChI=1S/C9H18N2O.C6H10O5S/c1-8(2)9(12)10-6-5-7-11(3)4;1-5(2)6(7)11-3-4-12(8,9)10/h1,5-7H2,2-4H3,(H,10,12);1,3-4H2,2H3,(H,8,9,10). The van der Waals surface area contributed by atoms with Gasteiger partial charge in [0.25, 0.3) is 10.1 Å². The van der Waals surface area contributed by atoms with Crippen molar-refractivity contribution < 1.29 is 27.3 Å². The molecule has 0 aliphatic heterocycles. The molecule has 1 amide bonds. The van der Waals surface area contributed by atoms with Crippen LogP contribution in [0.5, 0.6) is 0 Å². The van der Waals surface area contributed by atoms with Gasteiger partial charge in [-0.25, -0.2) is 4.79 Å². The largest absolute Gasteiger partial charge is 0.461 e. The van der Waals surface area contributed by atoms with Crippen molar-refractivity contribution in [3.8, 4) is 0 Å². The van der Waals surface area contributed by atoms with E-state index in [1.54, 1.807) is 6.92 Å². The van der Waals surface area contributed by atoms with Gasteiger partial charge in [0.2, 0.25) is 5.91 Å². The predicted octanol–water partition coefficient (Wildman–Crippen LogP) is 0.624. The summed E-state index contributed by atoms with van der Waals surface area (Å²) in [6.07, 6.45) is 0.978. The van der Waals surface area contributed by atoms with Crippen LogP contribution in [0.15, 0.2) is 24.3 Å². The first-order valence-electron chi connectivity index (χ1n) is 7.23. The van der Waals surface area contributed by atoms with Crippen molar-refractivity contribution in [1.82, 2.24) is 10.2 Å². The minimum absolute atomic E-state index is 0.0474. The van der Waals surface area contributed by atoms with Gasteiger partial charge in [0.05, 0.1) is 0 Å². The molecule has 0 unspecified atom stereocenters. The molecule has 24 heavy (non-hydrogen) atoms. The third-order valence-electron chi connectivity index (χ3n) is 2.38. The highest BCUT2D eigenvalue weighted by atomic mass is 32.2. The van der Waals surface area contributed by atoms with Crippen LogP contribution in [0.3, 0.4) is 0 Å². The first-order chi connectivity index (χ1) is 10.9. The van der Waals surface area contributed by atoms with E-state index in [9.17, 15) is 18.0 Å². The Labute approximate surface area is 144 Å². The molecule has 0 aromatic carbocycles. The molecule has 0 aromatic heterocycles. The number of carbonyl (C=O) groups is 2. The Morgan fingerprint density at radius 2 is 1.71 bits per heavy atom. The summed E-state index contributed by atoms with van der Waals surface area (Å²) in [5.74, 6) is -1.31. The number of hydrogen-bond acceptors (Lipinski definition) is 6. The maximum atomic E-state index is 11.0. The molecule has 140 valence electrons. The summed E-state index contributed by atoms with van der Waals surface area (Å²) in [6, 6.07) is 0. The molecule has 8 nitrogen and oxygen atoms in total. The van der Waals surface area contributed by atoms with E-state index < -0.39 is 21.8 Å². The molecule has 0 heterocycles. The van der Waals surface area contributed by atoms with Crippen LogP contribution in [0.25, 0.3) is 0 Å². The third kappa shape index (κ3) is 18.3. The summed E-state index contributed by atoms with van der Waals surface area (Å²) in [5, 5.41) is 2.77. The number of esters is 1. The van der Waals surface area contributed by atoms with Crippen molar-refractivity contribution in [2.75, 3.05) is 39.5 Å². The zero-order chi connectivity index (χ0) is 19.3. The Morgan fingerprint density at radius 1 is 1.17 bits per heavy atom. The van der Waals surface area contributed by atoms with Gasteiger partial charge in [-0.1, -0.05) is 13.2 Å². The monoisotopic (exact) mass is 364 g/mol. The fraction of sp³-hybridized carbons (Fsp3) is 0.600. The van der Waals surface area contributed by atoms with Crippen LogP contribution in [-0.2, 0) is 24.4 Å². The summed E-state index contributed by atoms with van der Waals surface area (Å²) in [4.78, 5) is 23.7. The average molecular weight is 364 g/mol. The summed E-state index contributed by atoms with van der Waals surface area (Å²) < 4.78 is 32.9. The second-order valence-electron chi connectivity index (χ2n) is 5.40. The molecule has 0 aromatic rings. The van der Waals surface area contributed by atoms with Gasteiger partial charge in [0, 0.05) is 17.7 Å². The molecule has 0 saturated carbocycles. The quantitative estimate of drug-likeness (QED) is 0.267. The molecule has 0 atom stereocenters. The van der Waals surface area contributed by atoms with Gasteiger partial charge in [0.1, 0.15) is 12.4 Å². The molecule has 0 saturated heterocycles. The van der Waals surface area contributed by atoms with Gasteiger partial charge in [-0.05, 0) is 40.9 Å². The zero-order valence-electron chi connectivity index (χ0n) is 14.8. The summed E-state index contributed by atoms with van der Waals surface area (Å²) in [6.45, 7) is 11.3. The van der Waals surface area contributed by atoms with E-state index in [1.165, 1.54) is 6.92 Å². The van der Waals surface area contributed by atoms with E-state index in [2.05, 4.69) is 28.1 Å². The fourth-order valence-electron chi connectivity index (χ4n) is 1.11. The van der Waals surface area contributed by atoms with Crippen molar-refractivity contribution in [2.24, 2.45) is 0 Å². The molecular weight excluding hydrogens is 336 g/mol. The number of hydrogen-bond donors (Lipinski definition) is 2. The van der Waals surface area contributed by atoms with Crippen molar-refractivity contribution in [1.29, 1.82) is 0 Å². The molecule has 0 aliphatic carbocycles. The van der Waals surface area contributed by atoms with Crippen molar-refractivity contribution >= 4 is 22.0 Å². The van der Waals surface area contributed by atoms with Gasteiger partial charge >= 0.3 is 5.97 Å². The lowest BCUT2D eigenvalue weighted by Crippen LogP contribution is -2.27. The van der Waals surface area contributed by atoms with Crippen LogP contribution >= 0.6 is 0 Å². The van der Waals surface area contributed by atoms with Crippen LogP contribution in [-0.4, -0.2) is 69.3 Å². The average Bonchev–Trinajstić information content (AvgIpc) is 2.42. The highest BCUT2D eigenvalue weighted by Gasteiger charge is 2.07. The molecule has 0 bridgehead atoms. The first kappa shape index (κ1) is 24.5. The molecule has 0 radical (unpaired) electrons. The molecule has 0 spiro atoms. The number of amides is 1. The number of carbonyl (C=O) groups excluding carboxylic acids is 2. The summed E-state index contributed by atoms with van der Waals surface area (Å²) in [7, 11) is -0.0235. The van der Waals surface area contributed by atoms with Gasteiger partial charge in [-0.15, -0.1) is 0 Å². The second-order valence-corrected chi connectivity index (χ2v) is 6.97. The highest BCUT2D eigenvalue weighted by Crippen LogP contribution is 1.92. The Bertz CT molecular complexity index is 540. The van der Waals surface area contributed by atoms with Crippen molar-refractivity contribution in [2.45, 2.75) is 20.3 Å². The molecule has 2 N–H and O–H groups in total. The first-order valence-corrected chi connectivity index (χ1v) is 8.84. The van der Waals surface area contributed by atoms with Crippen molar-refractivity contribution in [3.05, 3.63) is 24.3 Å². The van der Waals surface area contributed by atoms with E-state index in [-0.39, 0.29) is 18.1 Å². The lowest BCUT2D eigenvalue weighted by molar-refractivity contribution is -0.138. The Morgan fingerprint density at radius 3 is 2.08 bits per heavy atom. The number of rotatable bonds is 9. The van der Waals surface area contributed by atoms with Crippen LogP contribution < -0.4 is 5.32 Å². The smallest absolute Gasteiger partial charge is 0.333 e. The minimum atomic E-state index is -4.05. The Kier molecular flexibility index (Phi) is 13.0. The van der Waals surface area contributed by atoms with E-state index in [0.717, 1.165) is 19.5 Å². The zero-order valence-corrected chi connectivity index (χ0v) is 15.6. The van der Waals surface area contributed by atoms with Crippen LogP contribution in [0.2, 0.25) is 0 Å². The number of ether oxygens (including phenoxy) is 1. The van der Waals surface area contributed by atoms with E-state index in [0.29, 0.717) is 5.57 Å². The van der Waals surface area contributed by atoms with Crippen LogP contribution in [0.4, 0.5) is 0 Å². The maximum Gasteiger partial charge on any atom is 0.333 e. The highest BCUT2D eigenvalue weighted by molar-refractivity contribution is 7.85. The van der Waals surface area contributed by atoms with Crippen LogP contribution in [0, 0.1) is 0 Å². The molecular formula is C15H28N2O6S. The third-order valence-corrected chi connectivity index (χ3v) is 3.06. The SMILES string of the molecule is C=C(C)C(=O)NCCCN(C)C.C=C(C)C(=O)OCCS(=O)(=O)O. The molecule has 0 aliphatic rings. The molecule has 9 heteroatoms. The van der Waals surface area contributed by atoms with Gasteiger partial charge < -0.3 is 15.0 Å². The topological polar surface area (TPSA) is 113 Å². The van der Waals surface area contributed by atoms with Gasteiger partial charge in [0.15, 0.2) is 0 Å². The number of nitrogens with one attached hydrogen (secondary N) is 1. The second kappa shape index (κ2) is 12.7. The predicted molar refractivity (Wildman–Crippen MR) is 93.2 cm³/mol. The van der Waals surface area contributed by atoms with Gasteiger partial charge in [-0.3, -0.25) is 9.35 Å². The number of nitrogens with zero attached hydrogens (tertiary/aromatic N) is 1. The maximum absolute atomic E-state index is 11.0.